The number of pyridine rings is 1. The molecule has 0 aliphatic heterocycles. The maximum Gasteiger partial charge on any atom is 0.166 e. The number of aromatic amines is 1. The minimum Gasteiger partial charge on any atom is -0.497 e. The van der Waals surface area contributed by atoms with E-state index in [0.29, 0.717) is 21.6 Å². The number of H-pyrrole nitrogens is 1. The lowest BCUT2D eigenvalue weighted by Crippen LogP contribution is -2.03. The molecule has 6 rings (SSSR count). The third-order valence-corrected chi connectivity index (χ3v) is 6.63. The van der Waals surface area contributed by atoms with Gasteiger partial charge in [0.05, 0.1) is 29.2 Å². The van der Waals surface area contributed by atoms with E-state index in [-0.39, 0.29) is 0 Å². The number of hydrogen-bond donors (Lipinski definition) is 2. The Kier molecular flexibility index (Phi) is 4.81. The molecule has 0 atom stereocenters. The smallest absolute Gasteiger partial charge is 0.166 e. The summed E-state index contributed by atoms with van der Waals surface area (Å²) in [7, 11) is 1.66. The SMILES string of the molecule is COc1ccc2[nH]c(-c3nc4c(-c5ccc(-c6ccccc6)nc5)cnn4c(N)c3Br)cc2c1. The molecule has 0 bridgehead atoms. The van der Waals surface area contributed by atoms with Crippen LogP contribution in [-0.2, 0) is 0 Å². The quantitative estimate of drug-likeness (QED) is 0.305. The first-order valence-electron chi connectivity index (χ1n) is 10.6. The lowest BCUT2D eigenvalue weighted by atomic mass is 10.1. The number of ether oxygens (including phenoxy) is 1. The molecule has 7 nitrogen and oxygen atoms in total. The molecule has 2 aromatic carbocycles. The molecular weight excluding hydrogens is 492 g/mol. The molecule has 0 radical (unpaired) electrons. The average Bonchev–Trinajstić information content (AvgIpc) is 3.50. The van der Waals surface area contributed by atoms with E-state index in [4.69, 9.17) is 15.5 Å². The first kappa shape index (κ1) is 20.4. The summed E-state index contributed by atoms with van der Waals surface area (Å²) < 4.78 is 7.66. The molecule has 6 aromatic rings. The molecule has 34 heavy (non-hydrogen) atoms. The van der Waals surface area contributed by atoms with E-state index in [2.05, 4.69) is 31.0 Å². The summed E-state index contributed by atoms with van der Waals surface area (Å²) in [5, 5.41) is 5.50. The molecule has 0 amide bonds. The normalized spacial score (nSPS) is 11.4. The lowest BCUT2D eigenvalue weighted by Gasteiger charge is -2.08. The van der Waals surface area contributed by atoms with Crippen LogP contribution in [0.2, 0.25) is 0 Å². The van der Waals surface area contributed by atoms with Crippen LogP contribution in [-0.4, -0.2) is 31.7 Å². The van der Waals surface area contributed by atoms with Gasteiger partial charge in [-0.2, -0.15) is 9.61 Å². The van der Waals surface area contributed by atoms with E-state index in [9.17, 15) is 0 Å². The Morgan fingerprint density at radius 1 is 0.971 bits per heavy atom. The van der Waals surface area contributed by atoms with Crippen LogP contribution in [0.5, 0.6) is 5.75 Å². The average molecular weight is 511 g/mol. The fourth-order valence-corrected chi connectivity index (χ4v) is 4.55. The molecule has 3 N–H and O–H groups in total. The van der Waals surface area contributed by atoms with Crippen LogP contribution in [0.1, 0.15) is 0 Å². The van der Waals surface area contributed by atoms with Gasteiger partial charge in [-0.3, -0.25) is 4.98 Å². The summed E-state index contributed by atoms with van der Waals surface area (Å²) in [6.07, 6.45) is 3.61. The maximum absolute atomic E-state index is 6.45. The van der Waals surface area contributed by atoms with Crippen LogP contribution in [0.25, 0.3) is 50.3 Å². The van der Waals surface area contributed by atoms with E-state index in [0.717, 1.165) is 44.7 Å². The highest BCUT2D eigenvalue weighted by molar-refractivity contribution is 9.10. The summed E-state index contributed by atoms with van der Waals surface area (Å²) in [4.78, 5) is 13.0. The van der Waals surface area contributed by atoms with Crippen LogP contribution in [0.4, 0.5) is 5.82 Å². The highest BCUT2D eigenvalue weighted by Gasteiger charge is 2.19. The van der Waals surface area contributed by atoms with Gasteiger partial charge in [0.25, 0.3) is 0 Å². The molecule has 0 unspecified atom stereocenters. The summed E-state index contributed by atoms with van der Waals surface area (Å²) >= 11 is 3.62. The van der Waals surface area contributed by atoms with Crippen LogP contribution in [0, 0.1) is 0 Å². The van der Waals surface area contributed by atoms with E-state index in [1.807, 2.05) is 72.9 Å². The van der Waals surface area contributed by atoms with Crippen molar-refractivity contribution in [3.05, 3.63) is 83.6 Å². The third kappa shape index (κ3) is 3.31. The van der Waals surface area contributed by atoms with E-state index in [1.165, 1.54) is 0 Å². The van der Waals surface area contributed by atoms with Gasteiger partial charge in [-0.05, 0) is 46.3 Å². The van der Waals surface area contributed by atoms with Crippen LogP contribution < -0.4 is 10.5 Å². The van der Waals surface area contributed by atoms with Crippen molar-refractivity contribution in [1.29, 1.82) is 0 Å². The van der Waals surface area contributed by atoms with Crippen LogP contribution in [0.15, 0.2) is 83.6 Å². The standard InChI is InChI=1S/C26H19BrN6O/c1-34-18-8-10-21-17(11-18)12-22(31-21)24-23(27)25(28)33-26(32-24)19(14-30-33)16-7-9-20(29-13-16)15-5-3-2-4-6-15/h2-14,31H,28H2,1H3. The highest BCUT2D eigenvalue weighted by atomic mass is 79.9. The summed E-state index contributed by atoms with van der Waals surface area (Å²) in [6, 6.07) is 22.0. The highest BCUT2D eigenvalue weighted by Crippen LogP contribution is 2.36. The Hall–Kier alpha value is -4.17. The predicted octanol–water partition coefficient (Wildman–Crippen LogP) is 5.96. The molecule has 0 fully saturated rings. The zero-order chi connectivity index (χ0) is 23.2. The van der Waals surface area contributed by atoms with E-state index >= 15 is 0 Å². The first-order valence-corrected chi connectivity index (χ1v) is 11.4. The zero-order valence-corrected chi connectivity index (χ0v) is 19.7. The van der Waals surface area contributed by atoms with Gasteiger partial charge in [0, 0.05) is 33.8 Å². The van der Waals surface area contributed by atoms with E-state index < -0.39 is 0 Å². The minimum atomic E-state index is 0.469. The monoisotopic (exact) mass is 510 g/mol. The number of benzene rings is 2. The number of nitrogen functional groups attached to an aromatic ring is 1. The van der Waals surface area contributed by atoms with Crippen molar-refractivity contribution in [3.8, 4) is 39.5 Å². The number of nitrogens with two attached hydrogens (primary N) is 1. The van der Waals surface area contributed by atoms with Crippen molar-refractivity contribution in [3.63, 3.8) is 0 Å². The largest absolute Gasteiger partial charge is 0.497 e. The molecule has 0 aliphatic rings. The molecule has 0 saturated heterocycles. The minimum absolute atomic E-state index is 0.469. The molecule has 4 aromatic heterocycles. The zero-order valence-electron chi connectivity index (χ0n) is 18.2. The number of fused-ring (bicyclic) bond motifs is 2. The fourth-order valence-electron chi connectivity index (χ4n) is 4.08. The van der Waals surface area contributed by atoms with E-state index in [1.54, 1.807) is 17.8 Å². The Bertz CT molecular complexity index is 1650. The Morgan fingerprint density at radius 3 is 2.59 bits per heavy atom. The van der Waals surface area contributed by atoms with Gasteiger partial charge in [-0.1, -0.05) is 36.4 Å². The number of hydrogen-bond acceptors (Lipinski definition) is 5. The summed E-state index contributed by atoms with van der Waals surface area (Å²) in [5.41, 5.74) is 13.4. The molecule has 0 saturated carbocycles. The second-order valence-electron chi connectivity index (χ2n) is 7.89. The molecule has 4 heterocycles. The van der Waals surface area contributed by atoms with Crippen molar-refractivity contribution >= 4 is 38.3 Å². The van der Waals surface area contributed by atoms with Crippen molar-refractivity contribution in [2.24, 2.45) is 0 Å². The Balaban J connectivity index is 1.47. The van der Waals surface area contributed by atoms with Crippen LogP contribution >= 0.6 is 15.9 Å². The first-order chi connectivity index (χ1) is 16.6. The van der Waals surface area contributed by atoms with Gasteiger partial charge in [-0.15, -0.1) is 0 Å². The van der Waals surface area contributed by atoms with Gasteiger partial charge in [0.15, 0.2) is 5.65 Å². The molecule has 166 valence electrons. The summed E-state index contributed by atoms with van der Waals surface area (Å²) in [6.45, 7) is 0. The fraction of sp³-hybridized carbons (Fsp3) is 0.0385. The Labute approximate surface area is 203 Å². The van der Waals surface area contributed by atoms with Crippen molar-refractivity contribution in [2.75, 3.05) is 12.8 Å². The number of anilines is 1. The van der Waals surface area contributed by atoms with Gasteiger partial charge < -0.3 is 15.5 Å². The topological polar surface area (TPSA) is 94.1 Å². The number of halogens is 1. The molecular formula is C26H19BrN6O. The number of nitrogens with zero attached hydrogens (tertiary/aromatic N) is 4. The lowest BCUT2D eigenvalue weighted by molar-refractivity contribution is 0.415. The number of rotatable bonds is 4. The van der Waals surface area contributed by atoms with Crippen molar-refractivity contribution in [1.82, 2.24) is 24.6 Å². The van der Waals surface area contributed by atoms with Crippen LogP contribution in [0.3, 0.4) is 0 Å². The van der Waals surface area contributed by atoms with Gasteiger partial charge in [0.1, 0.15) is 17.3 Å². The van der Waals surface area contributed by atoms with Crippen molar-refractivity contribution < 1.29 is 4.74 Å². The number of methoxy groups -OCH3 is 1. The molecule has 8 heteroatoms. The van der Waals surface area contributed by atoms with Gasteiger partial charge in [0.2, 0.25) is 0 Å². The second-order valence-corrected chi connectivity index (χ2v) is 8.68. The Morgan fingerprint density at radius 2 is 1.82 bits per heavy atom. The predicted molar refractivity (Wildman–Crippen MR) is 138 cm³/mol. The number of nitrogens with one attached hydrogen (secondary N) is 1. The van der Waals surface area contributed by atoms with Gasteiger partial charge in [-0.25, -0.2) is 4.98 Å². The summed E-state index contributed by atoms with van der Waals surface area (Å²) in [5.74, 6) is 1.26. The third-order valence-electron chi connectivity index (χ3n) is 5.85. The van der Waals surface area contributed by atoms with Crippen molar-refractivity contribution in [2.45, 2.75) is 0 Å². The van der Waals surface area contributed by atoms with Gasteiger partial charge >= 0.3 is 0 Å². The maximum atomic E-state index is 6.45. The molecule has 0 spiro atoms. The number of aromatic nitrogens is 5. The molecule has 0 aliphatic carbocycles. The second kappa shape index (κ2) is 8.00.